The van der Waals surface area contributed by atoms with Crippen LogP contribution in [0.25, 0.3) is 0 Å². The molecule has 0 fully saturated rings. The van der Waals surface area contributed by atoms with Crippen LogP contribution in [0.1, 0.15) is 24.2 Å². The van der Waals surface area contributed by atoms with E-state index in [1.165, 1.54) is 0 Å². The van der Waals surface area contributed by atoms with Gasteiger partial charge >= 0.3 is 0 Å². The van der Waals surface area contributed by atoms with Gasteiger partial charge in [0.15, 0.2) is 6.61 Å². The molecule has 0 aliphatic rings. The van der Waals surface area contributed by atoms with Gasteiger partial charge in [0.05, 0.1) is 5.56 Å². The van der Waals surface area contributed by atoms with Crippen molar-refractivity contribution in [2.45, 2.75) is 19.9 Å². The number of carbonyl (C=O) groups excluding carboxylic acids is 3. The van der Waals surface area contributed by atoms with Gasteiger partial charge < -0.3 is 20.7 Å². The van der Waals surface area contributed by atoms with Gasteiger partial charge in [-0.3, -0.25) is 14.4 Å². The molecule has 0 unspecified atom stereocenters. The van der Waals surface area contributed by atoms with Crippen molar-refractivity contribution in [2.75, 3.05) is 18.5 Å². The van der Waals surface area contributed by atoms with Gasteiger partial charge in [-0.25, -0.2) is 0 Å². The SMILES string of the molecule is CCNC(=O)[C@@H](C)NC(=O)COc1ccccc1C(=O)Nc1ccccc1. The molecule has 1 atom stereocenters. The van der Waals surface area contributed by atoms with Gasteiger partial charge in [-0.2, -0.15) is 0 Å². The molecule has 2 rings (SSSR count). The molecule has 0 bridgehead atoms. The maximum absolute atomic E-state index is 12.5. The van der Waals surface area contributed by atoms with Gasteiger partial charge in [0.25, 0.3) is 11.8 Å². The number of hydrogen-bond donors (Lipinski definition) is 3. The molecular formula is C20H23N3O4. The zero-order valence-electron chi connectivity index (χ0n) is 15.3. The summed E-state index contributed by atoms with van der Waals surface area (Å²) in [6.07, 6.45) is 0. The van der Waals surface area contributed by atoms with Crippen LogP contribution in [0.2, 0.25) is 0 Å². The molecule has 0 aliphatic carbocycles. The molecule has 0 spiro atoms. The van der Waals surface area contributed by atoms with Gasteiger partial charge in [0, 0.05) is 12.2 Å². The van der Waals surface area contributed by atoms with Crippen molar-refractivity contribution in [3.05, 3.63) is 60.2 Å². The second-order valence-electron chi connectivity index (χ2n) is 5.79. The van der Waals surface area contributed by atoms with Crippen molar-refractivity contribution in [2.24, 2.45) is 0 Å². The van der Waals surface area contributed by atoms with Crippen molar-refractivity contribution in [1.29, 1.82) is 0 Å². The summed E-state index contributed by atoms with van der Waals surface area (Å²) in [6, 6.07) is 15.0. The van der Waals surface area contributed by atoms with Gasteiger partial charge in [0.2, 0.25) is 5.91 Å². The van der Waals surface area contributed by atoms with E-state index in [0.717, 1.165) is 0 Å². The number of rotatable bonds is 8. The lowest BCUT2D eigenvalue weighted by atomic mass is 10.2. The predicted molar refractivity (Wildman–Crippen MR) is 103 cm³/mol. The summed E-state index contributed by atoms with van der Waals surface area (Å²) in [6.45, 7) is 3.57. The first-order chi connectivity index (χ1) is 13.0. The van der Waals surface area contributed by atoms with Crippen LogP contribution >= 0.6 is 0 Å². The summed E-state index contributed by atoms with van der Waals surface area (Å²) in [5.41, 5.74) is 0.969. The molecule has 0 heterocycles. The largest absolute Gasteiger partial charge is 0.483 e. The lowest BCUT2D eigenvalue weighted by Crippen LogP contribution is -2.46. The Morgan fingerprint density at radius 2 is 1.67 bits per heavy atom. The number of benzene rings is 2. The van der Waals surface area contributed by atoms with Crippen LogP contribution in [-0.4, -0.2) is 36.9 Å². The third-order valence-electron chi connectivity index (χ3n) is 3.64. The molecule has 0 saturated carbocycles. The first-order valence-electron chi connectivity index (χ1n) is 8.66. The second kappa shape index (κ2) is 9.96. The Morgan fingerprint density at radius 3 is 2.37 bits per heavy atom. The summed E-state index contributed by atoms with van der Waals surface area (Å²) >= 11 is 0. The third-order valence-corrected chi connectivity index (χ3v) is 3.64. The molecular weight excluding hydrogens is 346 g/mol. The molecule has 27 heavy (non-hydrogen) atoms. The number of likely N-dealkylation sites (N-methyl/N-ethyl adjacent to an activating group) is 1. The van der Waals surface area contributed by atoms with E-state index < -0.39 is 11.9 Å². The Kier molecular flexibility index (Phi) is 7.37. The summed E-state index contributed by atoms with van der Waals surface area (Å²) in [5, 5.41) is 7.95. The van der Waals surface area contributed by atoms with E-state index in [1.807, 2.05) is 18.2 Å². The molecule has 0 saturated heterocycles. The summed E-state index contributed by atoms with van der Waals surface area (Å²) in [5.74, 6) is -0.778. The van der Waals surface area contributed by atoms with E-state index in [0.29, 0.717) is 17.8 Å². The van der Waals surface area contributed by atoms with Gasteiger partial charge in [-0.1, -0.05) is 30.3 Å². The molecule has 0 aliphatic heterocycles. The van der Waals surface area contributed by atoms with Crippen LogP contribution in [0.15, 0.2) is 54.6 Å². The maximum Gasteiger partial charge on any atom is 0.259 e. The van der Waals surface area contributed by atoms with Gasteiger partial charge in [-0.15, -0.1) is 0 Å². The number of hydrogen-bond acceptors (Lipinski definition) is 4. The second-order valence-corrected chi connectivity index (χ2v) is 5.79. The standard InChI is InChI=1S/C20H23N3O4/c1-3-21-19(25)14(2)22-18(24)13-27-17-12-8-7-11-16(17)20(26)23-15-9-5-4-6-10-15/h4-12,14H,3,13H2,1-2H3,(H,21,25)(H,22,24)(H,23,26)/t14-/m1/s1. The highest BCUT2D eigenvalue weighted by Gasteiger charge is 2.17. The average Bonchev–Trinajstić information content (AvgIpc) is 2.67. The number of carbonyl (C=O) groups is 3. The molecule has 3 N–H and O–H groups in total. The van der Waals surface area contributed by atoms with Crippen LogP contribution < -0.4 is 20.7 Å². The number of anilines is 1. The Morgan fingerprint density at radius 1 is 1.00 bits per heavy atom. The quantitative estimate of drug-likeness (QED) is 0.663. The van der Waals surface area contributed by atoms with Crippen LogP contribution in [-0.2, 0) is 9.59 Å². The highest BCUT2D eigenvalue weighted by Crippen LogP contribution is 2.19. The van der Waals surface area contributed by atoms with Crippen molar-refractivity contribution >= 4 is 23.4 Å². The third kappa shape index (κ3) is 6.14. The maximum atomic E-state index is 12.5. The Labute approximate surface area is 158 Å². The molecule has 142 valence electrons. The molecule has 3 amide bonds. The Balaban J connectivity index is 1.96. The van der Waals surface area contributed by atoms with Gasteiger partial charge in [0.1, 0.15) is 11.8 Å². The summed E-state index contributed by atoms with van der Waals surface area (Å²) < 4.78 is 5.49. The van der Waals surface area contributed by atoms with E-state index in [9.17, 15) is 14.4 Å². The fourth-order valence-corrected chi connectivity index (χ4v) is 2.32. The number of ether oxygens (including phenoxy) is 1. The first kappa shape index (κ1) is 20.0. The summed E-state index contributed by atoms with van der Waals surface area (Å²) in [4.78, 5) is 36.1. The fraction of sp³-hybridized carbons (Fsp3) is 0.250. The van der Waals surface area contributed by atoms with E-state index in [1.54, 1.807) is 50.2 Å². The van der Waals surface area contributed by atoms with Crippen molar-refractivity contribution in [3.8, 4) is 5.75 Å². The number of amides is 3. The highest BCUT2D eigenvalue weighted by molar-refractivity contribution is 6.06. The van der Waals surface area contributed by atoms with Crippen LogP contribution in [0.5, 0.6) is 5.75 Å². The van der Waals surface area contributed by atoms with E-state index >= 15 is 0 Å². The zero-order valence-corrected chi connectivity index (χ0v) is 15.3. The topological polar surface area (TPSA) is 96.5 Å². The van der Waals surface area contributed by atoms with Crippen LogP contribution in [0, 0.1) is 0 Å². The fourth-order valence-electron chi connectivity index (χ4n) is 2.32. The Bertz CT molecular complexity index is 793. The zero-order chi connectivity index (χ0) is 19.6. The van der Waals surface area contributed by atoms with Crippen molar-refractivity contribution in [1.82, 2.24) is 10.6 Å². The van der Waals surface area contributed by atoms with Gasteiger partial charge in [-0.05, 0) is 38.1 Å². The average molecular weight is 369 g/mol. The van der Waals surface area contributed by atoms with Crippen LogP contribution in [0.4, 0.5) is 5.69 Å². The normalized spacial score (nSPS) is 11.2. The van der Waals surface area contributed by atoms with Crippen molar-refractivity contribution < 1.29 is 19.1 Å². The van der Waals surface area contributed by atoms with Crippen molar-refractivity contribution in [3.63, 3.8) is 0 Å². The van der Waals surface area contributed by atoms with E-state index in [2.05, 4.69) is 16.0 Å². The first-order valence-corrected chi connectivity index (χ1v) is 8.66. The molecule has 0 radical (unpaired) electrons. The number of nitrogens with one attached hydrogen (secondary N) is 3. The molecule has 7 nitrogen and oxygen atoms in total. The highest BCUT2D eigenvalue weighted by atomic mass is 16.5. The lowest BCUT2D eigenvalue weighted by Gasteiger charge is -2.15. The molecule has 2 aromatic rings. The lowest BCUT2D eigenvalue weighted by molar-refractivity contribution is -0.129. The van der Waals surface area contributed by atoms with E-state index in [4.69, 9.17) is 4.74 Å². The molecule has 7 heteroatoms. The monoisotopic (exact) mass is 369 g/mol. The Hall–Kier alpha value is -3.35. The summed E-state index contributed by atoms with van der Waals surface area (Å²) in [7, 11) is 0. The minimum atomic E-state index is -0.669. The van der Waals surface area contributed by atoms with E-state index in [-0.39, 0.29) is 24.2 Å². The smallest absolute Gasteiger partial charge is 0.259 e. The predicted octanol–water partition coefficient (Wildman–Crippen LogP) is 1.96. The number of para-hydroxylation sites is 2. The minimum absolute atomic E-state index is 0.270. The molecule has 0 aromatic heterocycles. The molecule has 2 aromatic carbocycles. The van der Waals surface area contributed by atoms with Crippen LogP contribution in [0.3, 0.4) is 0 Å². The minimum Gasteiger partial charge on any atom is -0.483 e.